The molecule has 2 N–H and O–H groups in total. The monoisotopic (exact) mass is 367 g/mol. The molecule has 0 amide bonds. The van der Waals surface area contributed by atoms with Gasteiger partial charge in [0, 0.05) is 19.6 Å². The fourth-order valence-electron chi connectivity index (χ4n) is 1.90. The minimum absolute atomic E-state index is 0. The molecule has 1 rings (SSSR count). The number of nitrogens with zero attached hydrogens (tertiary/aromatic N) is 1. The summed E-state index contributed by atoms with van der Waals surface area (Å²) >= 11 is 0. The molecule has 1 fully saturated rings. The second-order valence-electron chi connectivity index (χ2n) is 5.77. The fourth-order valence-corrected chi connectivity index (χ4v) is 1.90. The zero-order valence-electron chi connectivity index (χ0n) is 12.3. The quantitative estimate of drug-likeness (QED) is 0.411. The van der Waals surface area contributed by atoms with Crippen LogP contribution in [0.5, 0.6) is 0 Å². The third-order valence-corrected chi connectivity index (χ3v) is 3.28. The zero-order chi connectivity index (χ0) is 12.7. The van der Waals surface area contributed by atoms with Crippen LogP contribution in [0.15, 0.2) is 4.99 Å². The maximum atomic E-state index is 4.27. The SMILES string of the molecule is CN=C(NCC1CC1)NC(C)CCCC(C)C.I. The molecule has 0 radical (unpaired) electrons. The third-order valence-electron chi connectivity index (χ3n) is 3.28. The average molecular weight is 367 g/mol. The van der Waals surface area contributed by atoms with E-state index in [0.717, 1.165) is 24.3 Å². The van der Waals surface area contributed by atoms with E-state index in [9.17, 15) is 0 Å². The molecule has 0 aromatic heterocycles. The topological polar surface area (TPSA) is 36.4 Å². The largest absolute Gasteiger partial charge is 0.356 e. The van der Waals surface area contributed by atoms with E-state index in [2.05, 4.69) is 36.4 Å². The first-order valence-electron chi connectivity index (χ1n) is 7.09. The van der Waals surface area contributed by atoms with Crippen molar-refractivity contribution in [1.29, 1.82) is 0 Å². The van der Waals surface area contributed by atoms with Gasteiger partial charge >= 0.3 is 0 Å². The Labute approximate surface area is 130 Å². The summed E-state index contributed by atoms with van der Waals surface area (Å²) in [7, 11) is 1.85. The van der Waals surface area contributed by atoms with Crippen LogP contribution in [0.3, 0.4) is 0 Å². The van der Waals surface area contributed by atoms with Crippen molar-refractivity contribution in [2.45, 2.75) is 58.9 Å². The van der Waals surface area contributed by atoms with Gasteiger partial charge in [0.1, 0.15) is 0 Å². The first-order chi connectivity index (χ1) is 8.11. The highest BCUT2D eigenvalue weighted by molar-refractivity contribution is 14.0. The van der Waals surface area contributed by atoms with E-state index in [1.165, 1.54) is 32.1 Å². The van der Waals surface area contributed by atoms with Crippen molar-refractivity contribution in [3.8, 4) is 0 Å². The van der Waals surface area contributed by atoms with Gasteiger partial charge in [-0.3, -0.25) is 4.99 Å². The van der Waals surface area contributed by atoms with Crippen LogP contribution in [0.2, 0.25) is 0 Å². The molecule has 0 aromatic carbocycles. The van der Waals surface area contributed by atoms with Crippen LogP contribution in [0.4, 0.5) is 0 Å². The summed E-state index contributed by atoms with van der Waals surface area (Å²) in [6.07, 6.45) is 6.61. The van der Waals surface area contributed by atoms with Crippen molar-refractivity contribution in [3.63, 3.8) is 0 Å². The summed E-state index contributed by atoms with van der Waals surface area (Å²) < 4.78 is 0. The van der Waals surface area contributed by atoms with Crippen molar-refractivity contribution in [2.75, 3.05) is 13.6 Å². The lowest BCUT2D eigenvalue weighted by molar-refractivity contribution is 0.491. The lowest BCUT2D eigenvalue weighted by Gasteiger charge is -2.18. The molecule has 18 heavy (non-hydrogen) atoms. The van der Waals surface area contributed by atoms with Crippen molar-refractivity contribution in [1.82, 2.24) is 10.6 Å². The van der Waals surface area contributed by atoms with E-state index in [-0.39, 0.29) is 24.0 Å². The highest BCUT2D eigenvalue weighted by atomic mass is 127. The van der Waals surface area contributed by atoms with E-state index in [4.69, 9.17) is 0 Å². The smallest absolute Gasteiger partial charge is 0.191 e. The summed E-state index contributed by atoms with van der Waals surface area (Å²) in [6.45, 7) is 7.89. The molecular weight excluding hydrogens is 337 g/mol. The minimum atomic E-state index is 0. The molecule has 0 saturated heterocycles. The van der Waals surface area contributed by atoms with Crippen LogP contribution < -0.4 is 10.6 Å². The Morgan fingerprint density at radius 1 is 1.22 bits per heavy atom. The van der Waals surface area contributed by atoms with Crippen molar-refractivity contribution < 1.29 is 0 Å². The van der Waals surface area contributed by atoms with Crippen LogP contribution in [-0.2, 0) is 0 Å². The Hall–Kier alpha value is 0. The minimum Gasteiger partial charge on any atom is -0.356 e. The number of aliphatic imine (C=N–C) groups is 1. The predicted octanol–water partition coefficient (Wildman–Crippen LogP) is 3.39. The van der Waals surface area contributed by atoms with E-state index >= 15 is 0 Å². The lowest BCUT2D eigenvalue weighted by atomic mass is 10.0. The standard InChI is InChI=1S/C14H29N3.HI/c1-11(2)6-5-7-12(3)17-14(15-4)16-10-13-8-9-13;/h11-13H,5-10H2,1-4H3,(H2,15,16,17);1H. The summed E-state index contributed by atoms with van der Waals surface area (Å²) in [5.41, 5.74) is 0. The van der Waals surface area contributed by atoms with E-state index in [0.29, 0.717) is 6.04 Å². The second kappa shape index (κ2) is 9.87. The highest BCUT2D eigenvalue weighted by Crippen LogP contribution is 2.27. The molecule has 1 saturated carbocycles. The molecule has 1 atom stereocenters. The van der Waals surface area contributed by atoms with E-state index < -0.39 is 0 Å². The van der Waals surface area contributed by atoms with Crippen molar-refractivity contribution in [3.05, 3.63) is 0 Å². The fraction of sp³-hybridized carbons (Fsp3) is 0.929. The van der Waals surface area contributed by atoms with Crippen LogP contribution in [-0.4, -0.2) is 25.6 Å². The molecule has 0 spiro atoms. The Kier molecular flexibility index (Phi) is 9.87. The number of guanidine groups is 1. The Balaban J connectivity index is 0.00000289. The van der Waals surface area contributed by atoms with Crippen LogP contribution >= 0.6 is 24.0 Å². The number of halogens is 1. The number of hydrogen-bond acceptors (Lipinski definition) is 1. The molecule has 1 unspecified atom stereocenters. The summed E-state index contributed by atoms with van der Waals surface area (Å²) in [5.74, 6) is 2.67. The van der Waals surface area contributed by atoms with Gasteiger partial charge in [0.2, 0.25) is 0 Å². The first kappa shape index (κ1) is 18.0. The molecule has 0 bridgehead atoms. The first-order valence-corrected chi connectivity index (χ1v) is 7.09. The number of nitrogens with one attached hydrogen (secondary N) is 2. The van der Waals surface area contributed by atoms with Gasteiger partial charge in [0.15, 0.2) is 5.96 Å². The van der Waals surface area contributed by atoms with Gasteiger partial charge in [0.25, 0.3) is 0 Å². The molecule has 4 heteroatoms. The number of rotatable bonds is 7. The molecule has 0 aliphatic heterocycles. The van der Waals surface area contributed by atoms with Gasteiger partial charge < -0.3 is 10.6 Å². The molecule has 3 nitrogen and oxygen atoms in total. The molecular formula is C14H30IN3. The summed E-state index contributed by atoms with van der Waals surface area (Å²) in [5, 5.41) is 6.86. The van der Waals surface area contributed by atoms with Crippen molar-refractivity contribution in [2.24, 2.45) is 16.8 Å². The Morgan fingerprint density at radius 3 is 2.39 bits per heavy atom. The number of hydrogen-bond donors (Lipinski definition) is 2. The van der Waals surface area contributed by atoms with Gasteiger partial charge in [-0.15, -0.1) is 24.0 Å². The van der Waals surface area contributed by atoms with Crippen molar-refractivity contribution >= 4 is 29.9 Å². The highest BCUT2D eigenvalue weighted by Gasteiger charge is 2.21. The summed E-state index contributed by atoms with van der Waals surface area (Å²) in [6, 6.07) is 0.513. The predicted molar refractivity (Wildman–Crippen MR) is 90.8 cm³/mol. The van der Waals surface area contributed by atoms with Gasteiger partial charge in [-0.25, -0.2) is 0 Å². The van der Waals surface area contributed by atoms with E-state index in [1.807, 2.05) is 7.05 Å². The molecule has 1 aliphatic carbocycles. The molecule has 0 heterocycles. The van der Waals surface area contributed by atoms with Gasteiger partial charge in [-0.05, 0) is 38.0 Å². The maximum absolute atomic E-state index is 4.27. The third kappa shape index (κ3) is 9.00. The lowest BCUT2D eigenvalue weighted by Crippen LogP contribution is -2.42. The van der Waals surface area contributed by atoms with Gasteiger partial charge in [-0.2, -0.15) is 0 Å². The van der Waals surface area contributed by atoms with Crippen LogP contribution in [0.25, 0.3) is 0 Å². The Morgan fingerprint density at radius 2 is 1.89 bits per heavy atom. The Bertz CT molecular complexity index is 237. The second-order valence-corrected chi connectivity index (χ2v) is 5.77. The van der Waals surface area contributed by atoms with E-state index in [1.54, 1.807) is 0 Å². The summed E-state index contributed by atoms with van der Waals surface area (Å²) in [4.78, 5) is 4.27. The normalized spacial score (nSPS) is 17.3. The van der Waals surface area contributed by atoms with Gasteiger partial charge in [0.05, 0.1) is 0 Å². The maximum Gasteiger partial charge on any atom is 0.191 e. The average Bonchev–Trinajstić information content (AvgIpc) is 3.07. The molecule has 108 valence electrons. The molecule has 0 aromatic rings. The van der Waals surface area contributed by atoms with Crippen LogP contribution in [0, 0.1) is 11.8 Å². The molecule has 1 aliphatic rings. The van der Waals surface area contributed by atoms with Gasteiger partial charge in [-0.1, -0.05) is 26.7 Å². The van der Waals surface area contributed by atoms with Crippen LogP contribution in [0.1, 0.15) is 52.9 Å². The zero-order valence-corrected chi connectivity index (χ0v) is 14.7.